The number of anilines is 1. The van der Waals surface area contributed by atoms with Crippen LogP contribution in [0.5, 0.6) is 0 Å². The van der Waals surface area contributed by atoms with Gasteiger partial charge in [-0.1, -0.05) is 6.07 Å². The Balaban J connectivity index is 1.86. The minimum Gasteiger partial charge on any atom is -0.370 e. The molecule has 0 aliphatic heterocycles. The zero-order valence-corrected chi connectivity index (χ0v) is 12.0. The summed E-state index contributed by atoms with van der Waals surface area (Å²) in [6.45, 7) is 2.96. The van der Waals surface area contributed by atoms with Crippen LogP contribution < -0.4 is 5.32 Å². The number of nitrogens with one attached hydrogen (secondary N) is 1. The number of imidazole rings is 1. The summed E-state index contributed by atoms with van der Waals surface area (Å²) in [5.41, 5.74) is 4.20. The quantitative estimate of drug-likeness (QED) is 0.801. The molecule has 0 unspecified atom stereocenters. The van der Waals surface area contributed by atoms with Gasteiger partial charge in [-0.05, 0) is 38.3 Å². The predicted octanol–water partition coefficient (Wildman–Crippen LogP) is 2.71. The van der Waals surface area contributed by atoms with E-state index in [4.69, 9.17) is 9.97 Å². The molecule has 0 bridgehead atoms. The number of rotatable bonds is 3. The second kappa shape index (κ2) is 4.84. The van der Waals surface area contributed by atoms with E-state index in [0.717, 1.165) is 48.8 Å². The van der Waals surface area contributed by atoms with Gasteiger partial charge in [0.25, 0.3) is 0 Å². The molecule has 0 radical (unpaired) electrons. The Kier molecular flexibility index (Phi) is 2.84. The molecule has 106 valence electrons. The molecule has 4 rings (SSSR count). The van der Waals surface area contributed by atoms with Crippen molar-refractivity contribution >= 4 is 11.5 Å². The summed E-state index contributed by atoms with van der Waals surface area (Å²) in [4.78, 5) is 14.1. The molecule has 0 saturated carbocycles. The number of hydrogen-bond donors (Lipinski definition) is 1. The predicted molar refractivity (Wildman–Crippen MR) is 82.4 cm³/mol. The lowest BCUT2D eigenvalue weighted by Gasteiger charge is -2.09. The van der Waals surface area contributed by atoms with Gasteiger partial charge in [0.15, 0.2) is 5.82 Å². The van der Waals surface area contributed by atoms with Crippen LogP contribution in [0.15, 0.2) is 30.6 Å². The van der Waals surface area contributed by atoms with Crippen LogP contribution in [0.4, 0.5) is 5.82 Å². The van der Waals surface area contributed by atoms with Crippen molar-refractivity contribution in [2.24, 2.45) is 0 Å². The lowest BCUT2D eigenvalue weighted by atomic mass is 10.2. The van der Waals surface area contributed by atoms with Gasteiger partial charge in [0.1, 0.15) is 17.2 Å². The molecule has 0 saturated heterocycles. The molecular formula is C16H17N5. The van der Waals surface area contributed by atoms with E-state index in [0.29, 0.717) is 0 Å². The van der Waals surface area contributed by atoms with Gasteiger partial charge < -0.3 is 9.72 Å². The van der Waals surface area contributed by atoms with Crippen LogP contribution >= 0.6 is 0 Å². The van der Waals surface area contributed by atoms with E-state index in [-0.39, 0.29) is 0 Å². The van der Waals surface area contributed by atoms with Crippen molar-refractivity contribution in [3.8, 4) is 11.5 Å². The monoisotopic (exact) mass is 279 g/mol. The Morgan fingerprint density at radius 2 is 2.14 bits per heavy atom. The highest BCUT2D eigenvalue weighted by atomic mass is 15.1. The summed E-state index contributed by atoms with van der Waals surface area (Å²) < 4.78 is 2.00. The topological polar surface area (TPSA) is 55.1 Å². The van der Waals surface area contributed by atoms with E-state index in [1.807, 2.05) is 35.0 Å². The minimum absolute atomic E-state index is 0.718. The van der Waals surface area contributed by atoms with E-state index in [1.54, 1.807) is 0 Å². The first-order chi connectivity index (χ1) is 10.3. The Bertz CT molecular complexity index is 773. The molecule has 1 aliphatic rings. The summed E-state index contributed by atoms with van der Waals surface area (Å²) in [5.74, 6) is 1.70. The van der Waals surface area contributed by atoms with E-state index < -0.39 is 0 Å². The van der Waals surface area contributed by atoms with Gasteiger partial charge in [-0.3, -0.25) is 0 Å². The summed E-state index contributed by atoms with van der Waals surface area (Å²) in [5, 5.41) is 3.37. The van der Waals surface area contributed by atoms with E-state index in [9.17, 15) is 0 Å². The first kappa shape index (κ1) is 12.3. The Morgan fingerprint density at radius 1 is 1.19 bits per heavy atom. The molecule has 0 aromatic carbocycles. The van der Waals surface area contributed by atoms with Crippen LogP contribution in [0.1, 0.15) is 24.6 Å². The van der Waals surface area contributed by atoms with Crippen molar-refractivity contribution in [3.05, 3.63) is 41.9 Å². The van der Waals surface area contributed by atoms with Gasteiger partial charge in [-0.15, -0.1) is 0 Å². The highest BCUT2D eigenvalue weighted by Crippen LogP contribution is 2.28. The van der Waals surface area contributed by atoms with Gasteiger partial charge in [-0.2, -0.15) is 0 Å². The molecule has 3 aromatic rings. The maximum atomic E-state index is 4.73. The molecule has 1 aliphatic carbocycles. The Hall–Kier alpha value is -2.43. The Morgan fingerprint density at radius 3 is 3.00 bits per heavy atom. The first-order valence-corrected chi connectivity index (χ1v) is 7.43. The average Bonchev–Trinajstić information content (AvgIpc) is 3.13. The van der Waals surface area contributed by atoms with Crippen LogP contribution in [-0.4, -0.2) is 25.9 Å². The fraction of sp³-hybridized carbons (Fsp3) is 0.312. The van der Waals surface area contributed by atoms with Crippen LogP contribution in [0.3, 0.4) is 0 Å². The highest BCUT2D eigenvalue weighted by Gasteiger charge is 2.20. The second-order valence-electron chi connectivity index (χ2n) is 5.30. The summed E-state index contributed by atoms with van der Waals surface area (Å²) in [6.07, 6.45) is 7.25. The van der Waals surface area contributed by atoms with Crippen molar-refractivity contribution < 1.29 is 0 Å². The fourth-order valence-electron chi connectivity index (χ4n) is 2.90. The fourth-order valence-corrected chi connectivity index (χ4v) is 2.90. The lowest BCUT2D eigenvalue weighted by Crippen LogP contribution is -2.06. The lowest BCUT2D eigenvalue weighted by molar-refractivity contribution is 0.899. The number of aryl methyl sites for hydroxylation is 1. The Labute approximate surface area is 123 Å². The van der Waals surface area contributed by atoms with Crippen LogP contribution in [0.2, 0.25) is 0 Å². The number of fused-ring (bicyclic) bond motifs is 2. The molecule has 5 nitrogen and oxygen atoms in total. The summed E-state index contributed by atoms with van der Waals surface area (Å²) in [6, 6.07) is 5.97. The zero-order chi connectivity index (χ0) is 14.2. The second-order valence-corrected chi connectivity index (χ2v) is 5.30. The molecule has 0 amide bonds. The number of nitrogens with zero attached hydrogens (tertiary/aromatic N) is 4. The van der Waals surface area contributed by atoms with Crippen molar-refractivity contribution in [3.63, 3.8) is 0 Å². The minimum atomic E-state index is 0.718. The first-order valence-electron chi connectivity index (χ1n) is 7.43. The number of hydrogen-bond acceptors (Lipinski definition) is 4. The third-order valence-corrected chi connectivity index (χ3v) is 3.87. The molecule has 3 heterocycles. The smallest absolute Gasteiger partial charge is 0.182 e. The standard InChI is InChI=1S/C16H17N5/c1-2-17-15-11-6-5-7-12(11)19-16(20-15)13-10-21-9-4-3-8-14(21)18-13/h3-4,8-10H,2,5-7H2,1H3,(H,17,19,20). The molecule has 0 fully saturated rings. The van der Waals surface area contributed by atoms with E-state index in [1.165, 1.54) is 11.3 Å². The average molecular weight is 279 g/mol. The van der Waals surface area contributed by atoms with Gasteiger partial charge in [0, 0.05) is 30.2 Å². The number of pyridine rings is 1. The van der Waals surface area contributed by atoms with Crippen molar-refractivity contribution in [2.75, 3.05) is 11.9 Å². The van der Waals surface area contributed by atoms with Crippen molar-refractivity contribution in [2.45, 2.75) is 26.2 Å². The maximum Gasteiger partial charge on any atom is 0.182 e. The summed E-state index contributed by atoms with van der Waals surface area (Å²) >= 11 is 0. The highest BCUT2D eigenvalue weighted by molar-refractivity contribution is 5.60. The summed E-state index contributed by atoms with van der Waals surface area (Å²) in [7, 11) is 0. The van der Waals surface area contributed by atoms with Gasteiger partial charge in [0.05, 0.1) is 0 Å². The maximum absolute atomic E-state index is 4.73. The molecule has 0 atom stereocenters. The van der Waals surface area contributed by atoms with E-state index >= 15 is 0 Å². The van der Waals surface area contributed by atoms with Gasteiger partial charge in [0.2, 0.25) is 0 Å². The third-order valence-electron chi connectivity index (χ3n) is 3.87. The zero-order valence-electron chi connectivity index (χ0n) is 12.0. The van der Waals surface area contributed by atoms with Gasteiger partial charge >= 0.3 is 0 Å². The number of aromatic nitrogens is 4. The third kappa shape index (κ3) is 2.05. The SMILES string of the molecule is CCNc1nc(-c2cn3ccccc3n2)nc2c1CCC2. The van der Waals surface area contributed by atoms with E-state index in [2.05, 4.69) is 17.2 Å². The van der Waals surface area contributed by atoms with Crippen LogP contribution in [0, 0.1) is 0 Å². The largest absolute Gasteiger partial charge is 0.370 e. The van der Waals surface area contributed by atoms with Crippen molar-refractivity contribution in [1.82, 2.24) is 19.4 Å². The molecule has 3 aromatic heterocycles. The van der Waals surface area contributed by atoms with Crippen LogP contribution in [-0.2, 0) is 12.8 Å². The normalized spacial score (nSPS) is 13.6. The molecular weight excluding hydrogens is 262 g/mol. The van der Waals surface area contributed by atoms with Crippen molar-refractivity contribution in [1.29, 1.82) is 0 Å². The molecule has 0 spiro atoms. The molecule has 21 heavy (non-hydrogen) atoms. The molecule has 1 N–H and O–H groups in total. The van der Waals surface area contributed by atoms with Crippen LogP contribution in [0.25, 0.3) is 17.2 Å². The molecule has 5 heteroatoms. The van der Waals surface area contributed by atoms with Gasteiger partial charge in [-0.25, -0.2) is 15.0 Å².